The predicted octanol–water partition coefficient (Wildman–Crippen LogP) is 4.45. The number of cyclic esters (lactones) is 1. The van der Waals surface area contributed by atoms with E-state index >= 15 is 0 Å². The van der Waals surface area contributed by atoms with E-state index in [0.717, 1.165) is 30.4 Å². The lowest BCUT2D eigenvalue weighted by Gasteiger charge is -2.34. The van der Waals surface area contributed by atoms with Gasteiger partial charge in [-0.15, -0.1) is 11.3 Å². The third kappa shape index (κ3) is 8.07. The number of rotatable bonds is 3. The Bertz CT molecular complexity index is 934. The van der Waals surface area contributed by atoms with Crippen molar-refractivity contribution in [2.75, 3.05) is 0 Å². The topological polar surface area (TPSA) is 117 Å². The summed E-state index contributed by atoms with van der Waals surface area (Å²) in [4.78, 5) is 30.4. The number of nitrogens with zero attached hydrogens (tertiary/aromatic N) is 1. The van der Waals surface area contributed by atoms with Crippen LogP contribution in [0.4, 0.5) is 0 Å². The molecule has 1 aromatic rings. The monoisotopic (exact) mass is 507 g/mol. The summed E-state index contributed by atoms with van der Waals surface area (Å²) in [6, 6.07) is 0. The Hall–Kier alpha value is -1.87. The number of carbonyl (C=O) groups is 2. The molecule has 0 unspecified atom stereocenters. The number of ketones is 1. The maximum atomic E-state index is 13.2. The average molecular weight is 508 g/mol. The fraction of sp³-hybridized carbons (Fsp3) is 0.667. The summed E-state index contributed by atoms with van der Waals surface area (Å²) in [6.45, 7) is 10.6. The van der Waals surface area contributed by atoms with Crippen LogP contribution in [0.15, 0.2) is 22.6 Å². The van der Waals surface area contributed by atoms with Crippen LogP contribution in [0.2, 0.25) is 0 Å². The van der Waals surface area contributed by atoms with Crippen molar-refractivity contribution in [1.29, 1.82) is 0 Å². The van der Waals surface area contributed by atoms with Crippen LogP contribution in [0.5, 0.6) is 0 Å². The van der Waals surface area contributed by atoms with E-state index in [2.05, 4.69) is 11.1 Å². The molecule has 196 valence electrons. The summed E-state index contributed by atoms with van der Waals surface area (Å²) < 4.78 is 5.78. The molecule has 2 heterocycles. The summed E-state index contributed by atoms with van der Waals surface area (Å²) >= 11 is 1.36. The molecule has 0 fully saturated rings. The van der Waals surface area contributed by atoms with Crippen LogP contribution in [-0.4, -0.2) is 50.4 Å². The van der Waals surface area contributed by atoms with Crippen LogP contribution in [-0.2, 0) is 20.9 Å². The molecule has 1 aromatic heterocycles. The van der Waals surface area contributed by atoms with E-state index in [1.54, 1.807) is 20.8 Å². The molecular weight excluding hydrogens is 466 g/mol. The Labute approximate surface area is 212 Å². The van der Waals surface area contributed by atoms with Gasteiger partial charge in [-0.05, 0) is 50.7 Å². The van der Waals surface area contributed by atoms with E-state index in [-0.39, 0.29) is 24.7 Å². The van der Waals surface area contributed by atoms with Crippen LogP contribution >= 0.6 is 11.3 Å². The molecule has 1 aliphatic rings. The third-order valence-corrected chi connectivity index (χ3v) is 7.96. The van der Waals surface area contributed by atoms with Crippen molar-refractivity contribution in [3.05, 3.63) is 33.3 Å². The highest BCUT2D eigenvalue weighted by Gasteiger charge is 2.42. The molecule has 0 spiro atoms. The number of Topliss-reactive ketones (excluding diaryl/α,β-unsaturated/α-hetero) is 1. The van der Waals surface area contributed by atoms with Crippen molar-refractivity contribution in [3.8, 4) is 0 Å². The van der Waals surface area contributed by atoms with Gasteiger partial charge in [0.25, 0.3) is 0 Å². The second-order valence-electron chi connectivity index (χ2n) is 10.4. The zero-order valence-electron chi connectivity index (χ0n) is 21.8. The summed E-state index contributed by atoms with van der Waals surface area (Å²) in [6.07, 6.45) is 3.95. The second-order valence-corrected chi connectivity index (χ2v) is 11.4. The molecule has 0 saturated heterocycles. The van der Waals surface area contributed by atoms with Crippen LogP contribution in [0, 0.1) is 17.3 Å². The molecule has 0 aromatic carbocycles. The number of aromatic nitrogens is 1. The van der Waals surface area contributed by atoms with E-state index in [1.807, 2.05) is 32.2 Å². The molecule has 0 bridgehead atoms. The molecule has 5 atom stereocenters. The van der Waals surface area contributed by atoms with Gasteiger partial charge in [-0.1, -0.05) is 39.3 Å². The molecule has 2 rings (SSSR count). The Morgan fingerprint density at radius 3 is 2.60 bits per heavy atom. The zero-order valence-corrected chi connectivity index (χ0v) is 22.6. The zero-order chi connectivity index (χ0) is 26.3. The molecule has 3 N–H and O–H groups in total. The van der Waals surface area contributed by atoms with Gasteiger partial charge in [0, 0.05) is 17.7 Å². The van der Waals surface area contributed by atoms with E-state index in [0.29, 0.717) is 17.1 Å². The minimum atomic E-state index is -1.24. The van der Waals surface area contributed by atoms with Gasteiger partial charge in [0.05, 0.1) is 36.3 Å². The molecule has 0 amide bonds. The first kappa shape index (κ1) is 29.4. The number of ether oxygens (including phenoxy) is 1. The Morgan fingerprint density at radius 2 is 1.97 bits per heavy atom. The van der Waals surface area contributed by atoms with Gasteiger partial charge in [0.2, 0.25) is 0 Å². The number of esters is 1. The summed E-state index contributed by atoms with van der Waals surface area (Å²) in [5, 5.41) is 33.3. The maximum Gasteiger partial charge on any atom is 0.309 e. The summed E-state index contributed by atoms with van der Waals surface area (Å²) in [5.74, 6) is -1.58. The Morgan fingerprint density at radius 1 is 1.29 bits per heavy atom. The van der Waals surface area contributed by atoms with Gasteiger partial charge in [0.1, 0.15) is 16.9 Å². The predicted molar refractivity (Wildman–Crippen MR) is 138 cm³/mol. The van der Waals surface area contributed by atoms with Crippen LogP contribution < -0.4 is 0 Å². The third-order valence-electron chi connectivity index (χ3n) is 7.11. The lowest BCUT2D eigenvalue weighted by Crippen LogP contribution is -2.45. The lowest BCUT2D eigenvalue weighted by molar-refractivity contribution is -0.154. The number of hydrogen-bond donors (Lipinski definition) is 3. The highest BCUT2D eigenvalue weighted by molar-refractivity contribution is 7.09. The van der Waals surface area contributed by atoms with Gasteiger partial charge in [-0.25, -0.2) is 4.98 Å². The van der Waals surface area contributed by atoms with E-state index < -0.39 is 35.6 Å². The highest BCUT2D eigenvalue weighted by Crippen LogP contribution is 2.32. The van der Waals surface area contributed by atoms with Gasteiger partial charge in [-0.2, -0.15) is 0 Å². The van der Waals surface area contributed by atoms with Crippen LogP contribution in [0.25, 0.3) is 6.08 Å². The molecule has 35 heavy (non-hydrogen) atoms. The maximum absolute atomic E-state index is 13.2. The van der Waals surface area contributed by atoms with Gasteiger partial charge in [0.15, 0.2) is 0 Å². The first-order valence-electron chi connectivity index (χ1n) is 12.4. The van der Waals surface area contributed by atoms with E-state index in [1.165, 1.54) is 11.3 Å². The van der Waals surface area contributed by atoms with Crippen LogP contribution in [0.3, 0.4) is 0 Å². The van der Waals surface area contributed by atoms with Gasteiger partial charge >= 0.3 is 5.97 Å². The van der Waals surface area contributed by atoms with Gasteiger partial charge < -0.3 is 20.1 Å². The Balaban J connectivity index is 2.33. The van der Waals surface area contributed by atoms with Crippen molar-refractivity contribution in [1.82, 2.24) is 4.98 Å². The van der Waals surface area contributed by atoms with Crippen molar-refractivity contribution >= 4 is 29.2 Å². The number of allylic oxidation sites excluding steroid dienone is 1. The molecule has 7 nitrogen and oxygen atoms in total. The summed E-state index contributed by atoms with van der Waals surface area (Å²) in [7, 11) is 0. The summed E-state index contributed by atoms with van der Waals surface area (Å²) in [5.41, 5.74) is 1.44. The average Bonchev–Trinajstić information content (AvgIpc) is 3.26. The van der Waals surface area contributed by atoms with Crippen molar-refractivity contribution in [3.63, 3.8) is 0 Å². The number of aliphatic hydroxyl groups excluding tert-OH is 3. The van der Waals surface area contributed by atoms with Gasteiger partial charge in [-0.3, -0.25) is 9.59 Å². The molecule has 0 saturated carbocycles. The SMILES string of the molecule is C/C1=C\C[C@@H](/C(C)=C/c2csc(CO)n2)OC(=O)C[C@H](O)C(C)(C)C(=O)[C@H](C)[C@@H](O)[C@@H](C)CCC1. The number of carbonyl (C=O) groups excluding carboxylic acids is 2. The number of hydrogen-bond acceptors (Lipinski definition) is 8. The first-order chi connectivity index (χ1) is 16.4. The molecule has 0 radical (unpaired) electrons. The van der Waals surface area contributed by atoms with Crippen molar-refractivity contribution in [2.45, 2.75) is 98.6 Å². The number of thiazole rings is 1. The number of aliphatic hydroxyl groups is 3. The molecular formula is C27H41NO6S. The normalized spacial score (nSPS) is 31.5. The fourth-order valence-electron chi connectivity index (χ4n) is 4.42. The minimum absolute atomic E-state index is 0.0626. The fourth-order valence-corrected chi connectivity index (χ4v) is 5.03. The van der Waals surface area contributed by atoms with E-state index in [4.69, 9.17) is 4.74 Å². The Kier molecular flexibility index (Phi) is 10.8. The molecule has 1 aliphatic heterocycles. The largest absolute Gasteiger partial charge is 0.457 e. The van der Waals surface area contributed by atoms with Crippen LogP contribution in [0.1, 0.15) is 84.3 Å². The molecule has 8 heteroatoms. The standard InChI is InChI=1S/C27H41NO6S/c1-16-8-7-9-17(2)25(32)19(4)26(33)27(5,6)22(30)13-24(31)34-21(11-10-16)18(3)12-20-15-35-23(14-29)28-20/h10,12,15,17,19,21-22,25,29-30,32H,7-9,11,13-14H2,1-6H3/b16-10+,18-12+/t17-,19+,21-,22-,25-/m0/s1. The van der Waals surface area contributed by atoms with Crippen molar-refractivity contribution < 1.29 is 29.6 Å². The smallest absolute Gasteiger partial charge is 0.309 e. The van der Waals surface area contributed by atoms with Crippen molar-refractivity contribution in [2.24, 2.45) is 17.3 Å². The lowest BCUT2D eigenvalue weighted by atomic mass is 9.73. The second kappa shape index (κ2) is 12.9. The highest BCUT2D eigenvalue weighted by atomic mass is 32.1. The quantitative estimate of drug-likeness (QED) is 0.409. The first-order valence-corrected chi connectivity index (χ1v) is 13.2. The minimum Gasteiger partial charge on any atom is -0.457 e. The molecule has 0 aliphatic carbocycles. The van der Waals surface area contributed by atoms with E-state index in [9.17, 15) is 24.9 Å².